The molecule has 0 aliphatic heterocycles. The zero-order valence-corrected chi connectivity index (χ0v) is 11.2. The lowest BCUT2D eigenvalue weighted by Crippen LogP contribution is -2.12. The van der Waals surface area contributed by atoms with Crippen LogP contribution in [0.1, 0.15) is 30.1 Å². The molecule has 0 saturated heterocycles. The lowest BCUT2D eigenvalue weighted by molar-refractivity contribution is -0.385. The van der Waals surface area contributed by atoms with Crippen LogP contribution in [0.25, 0.3) is 0 Å². The topological polar surface area (TPSA) is 115 Å². The number of hydrogen-bond acceptors (Lipinski definition) is 6. The fourth-order valence-electron chi connectivity index (χ4n) is 1.48. The van der Waals surface area contributed by atoms with Gasteiger partial charge >= 0.3 is 5.97 Å². The highest BCUT2D eigenvalue weighted by Crippen LogP contribution is 2.19. The minimum atomic E-state index is -1.26. The molecule has 2 N–H and O–H groups in total. The van der Waals surface area contributed by atoms with Crippen LogP contribution in [0.4, 0.5) is 11.5 Å². The van der Waals surface area contributed by atoms with Crippen molar-refractivity contribution in [3.8, 4) is 0 Å². The van der Waals surface area contributed by atoms with Crippen molar-refractivity contribution in [2.75, 3.05) is 25.1 Å². The zero-order valence-electron chi connectivity index (χ0n) is 11.2. The first kappa shape index (κ1) is 15.8. The third-order valence-corrected chi connectivity index (χ3v) is 2.42. The SMILES string of the molecule is CCCOCCCNc1ncc([N+](=O)[O-])cc1C(=O)O. The minimum absolute atomic E-state index is 0.124. The van der Waals surface area contributed by atoms with E-state index in [9.17, 15) is 14.9 Å². The lowest BCUT2D eigenvalue weighted by Gasteiger charge is -2.08. The van der Waals surface area contributed by atoms with Gasteiger partial charge in [0.25, 0.3) is 5.69 Å². The maximum absolute atomic E-state index is 11.0. The van der Waals surface area contributed by atoms with E-state index < -0.39 is 10.9 Å². The monoisotopic (exact) mass is 283 g/mol. The molecule has 0 amide bonds. The maximum Gasteiger partial charge on any atom is 0.339 e. The van der Waals surface area contributed by atoms with E-state index in [1.54, 1.807) is 0 Å². The van der Waals surface area contributed by atoms with Gasteiger partial charge in [0, 0.05) is 25.8 Å². The molecule has 0 aliphatic carbocycles. The predicted molar refractivity (Wildman–Crippen MR) is 72.1 cm³/mol. The fourth-order valence-corrected chi connectivity index (χ4v) is 1.48. The average Bonchev–Trinajstić information content (AvgIpc) is 2.42. The van der Waals surface area contributed by atoms with Crippen molar-refractivity contribution < 1.29 is 19.6 Å². The van der Waals surface area contributed by atoms with Crippen LogP contribution in [0, 0.1) is 10.1 Å². The molecule has 20 heavy (non-hydrogen) atoms. The largest absolute Gasteiger partial charge is 0.478 e. The standard InChI is InChI=1S/C12H17N3O5/c1-2-5-20-6-3-4-13-11-10(12(16)17)7-9(8-14-11)15(18)19/h7-8H,2-6H2,1H3,(H,13,14)(H,16,17). The van der Waals surface area contributed by atoms with Gasteiger partial charge in [0.1, 0.15) is 17.6 Å². The van der Waals surface area contributed by atoms with Crippen molar-refractivity contribution in [2.24, 2.45) is 0 Å². The van der Waals surface area contributed by atoms with Crippen molar-refractivity contribution in [3.05, 3.63) is 27.9 Å². The summed E-state index contributed by atoms with van der Waals surface area (Å²) >= 11 is 0. The summed E-state index contributed by atoms with van der Waals surface area (Å²) in [6.45, 7) is 3.75. The van der Waals surface area contributed by atoms with Gasteiger partial charge in [-0.05, 0) is 12.8 Å². The highest BCUT2D eigenvalue weighted by Gasteiger charge is 2.17. The van der Waals surface area contributed by atoms with Crippen LogP contribution in [-0.2, 0) is 4.74 Å². The summed E-state index contributed by atoms with van der Waals surface area (Å²) in [7, 11) is 0. The van der Waals surface area contributed by atoms with Crippen LogP contribution >= 0.6 is 0 Å². The molecule has 0 unspecified atom stereocenters. The molecular formula is C12H17N3O5. The predicted octanol–water partition coefficient (Wildman–Crippen LogP) is 1.92. The maximum atomic E-state index is 11.0. The Hall–Kier alpha value is -2.22. The number of carboxylic acid groups (broad SMARTS) is 1. The van der Waals surface area contributed by atoms with Gasteiger partial charge in [-0.15, -0.1) is 0 Å². The minimum Gasteiger partial charge on any atom is -0.478 e. The van der Waals surface area contributed by atoms with E-state index in [1.807, 2.05) is 6.92 Å². The quantitative estimate of drug-likeness (QED) is 0.404. The number of ether oxygens (including phenoxy) is 1. The second-order valence-electron chi connectivity index (χ2n) is 4.04. The smallest absolute Gasteiger partial charge is 0.339 e. The first-order valence-electron chi connectivity index (χ1n) is 6.25. The number of nitrogens with one attached hydrogen (secondary N) is 1. The highest BCUT2D eigenvalue weighted by molar-refractivity contribution is 5.93. The van der Waals surface area contributed by atoms with Crippen molar-refractivity contribution in [2.45, 2.75) is 19.8 Å². The zero-order chi connectivity index (χ0) is 15.0. The third-order valence-electron chi connectivity index (χ3n) is 2.42. The Kier molecular flexibility index (Phi) is 6.38. The van der Waals surface area contributed by atoms with E-state index in [1.165, 1.54) is 0 Å². The van der Waals surface area contributed by atoms with E-state index in [0.717, 1.165) is 18.7 Å². The molecule has 1 heterocycles. The molecular weight excluding hydrogens is 266 g/mol. The van der Waals surface area contributed by atoms with Crippen LogP contribution in [0.3, 0.4) is 0 Å². The summed E-state index contributed by atoms with van der Waals surface area (Å²) in [6, 6.07) is 0.991. The molecule has 0 spiro atoms. The second kappa shape index (κ2) is 8.05. The van der Waals surface area contributed by atoms with E-state index in [0.29, 0.717) is 26.2 Å². The third kappa shape index (κ3) is 4.81. The normalized spacial score (nSPS) is 10.2. The van der Waals surface area contributed by atoms with Crippen molar-refractivity contribution >= 4 is 17.5 Å². The van der Waals surface area contributed by atoms with Gasteiger partial charge in [-0.2, -0.15) is 0 Å². The molecule has 0 aliphatic rings. The molecule has 0 fully saturated rings. The molecule has 1 rings (SSSR count). The van der Waals surface area contributed by atoms with Crippen LogP contribution < -0.4 is 5.32 Å². The number of nitrogens with zero attached hydrogens (tertiary/aromatic N) is 2. The van der Waals surface area contributed by atoms with Gasteiger partial charge in [-0.1, -0.05) is 6.92 Å². The molecule has 110 valence electrons. The number of carboxylic acids is 1. The number of aromatic carboxylic acids is 1. The Labute approximate surface area is 115 Å². The average molecular weight is 283 g/mol. The summed E-state index contributed by atoms with van der Waals surface area (Å²) in [5, 5.41) is 22.4. The van der Waals surface area contributed by atoms with Gasteiger partial charge in [0.05, 0.1) is 4.92 Å². The molecule has 8 heteroatoms. The highest BCUT2D eigenvalue weighted by atomic mass is 16.6. The molecule has 1 aromatic heterocycles. The van der Waals surface area contributed by atoms with E-state index in [-0.39, 0.29) is 17.1 Å². The molecule has 1 aromatic rings. The Morgan fingerprint density at radius 3 is 2.90 bits per heavy atom. The van der Waals surface area contributed by atoms with Crippen molar-refractivity contribution in [3.63, 3.8) is 0 Å². The van der Waals surface area contributed by atoms with E-state index >= 15 is 0 Å². The molecule has 0 radical (unpaired) electrons. The molecule has 0 aromatic carbocycles. The summed E-state index contributed by atoms with van der Waals surface area (Å²) in [6.07, 6.45) is 2.67. The summed E-state index contributed by atoms with van der Waals surface area (Å²) < 4.78 is 5.28. The Bertz CT molecular complexity index is 478. The summed E-state index contributed by atoms with van der Waals surface area (Å²) in [5.74, 6) is -1.13. The van der Waals surface area contributed by atoms with Crippen LogP contribution in [0.5, 0.6) is 0 Å². The molecule has 0 atom stereocenters. The Morgan fingerprint density at radius 1 is 1.55 bits per heavy atom. The van der Waals surface area contributed by atoms with Crippen molar-refractivity contribution in [1.29, 1.82) is 0 Å². The number of hydrogen-bond donors (Lipinski definition) is 2. The van der Waals surface area contributed by atoms with Crippen LogP contribution in [0.2, 0.25) is 0 Å². The molecule has 0 bridgehead atoms. The lowest BCUT2D eigenvalue weighted by atomic mass is 10.2. The first-order valence-corrected chi connectivity index (χ1v) is 6.25. The van der Waals surface area contributed by atoms with Gasteiger partial charge in [0.2, 0.25) is 0 Å². The fraction of sp³-hybridized carbons (Fsp3) is 0.500. The molecule has 0 saturated carbocycles. The number of nitro groups is 1. The number of anilines is 1. The summed E-state index contributed by atoms with van der Waals surface area (Å²) in [5.41, 5.74) is -0.562. The molecule has 8 nitrogen and oxygen atoms in total. The number of carbonyl (C=O) groups is 1. The van der Waals surface area contributed by atoms with Gasteiger partial charge in [-0.25, -0.2) is 9.78 Å². The van der Waals surface area contributed by atoms with Crippen molar-refractivity contribution in [1.82, 2.24) is 4.98 Å². The van der Waals surface area contributed by atoms with Crippen LogP contribution in [0.15, 0.2) is 12.3 Å². The summed E-state index contributed by atoms with van der Waals surface area (Å²) in [4.78, 5) is 24.7. The van der Waals surface area contributed by atoms with Gasteiger partial charge in [0.15, 0.2) is 0 Å². The number of aromatic nitrogens is 1. The number of rotatable bonds is 9. The van der Waals surface area contributed by atoms with E-state index in [4.69, 9.17) is 9.84 Å². The van der Waals surface area contributed by atoms with Gasteiger partial charge < -0.3 is 15.2 Å². The van der Waals surface area contributed by atoms with Gasteiger partial charge in [-0.3, -0.25) is 10.1 Å². The van der Waals surface area contributed by atoms with E-state index in [2.05, 4.69) is 10.3 Å². The Balaban J connectivity index is 2.60. The van der Waals surface area contributed by atoms with Crippen LogP contribution in [-0.4, -0.2) is 40.7 Å². The Morgan fingerprint density at radius 2 is 2.30 bits per heavy atom. The second-order valence-corrected chi connectivity index (χ2v) is 4.04. The number of pyridine rings is 1. The first-order chi connectivity index (χ1) is 9.56.